The van der Waals surface area contributed by atoms with Gasteiger partial charge in [-0.25, -0.2) is 0 Å². The maximum absolute atomic E-state index is 6.07. The second-order valence-corrected chi connectivity index (χ2v) is 31.0. The number of aliphatic imine (C=N–C) groups is 1. The fourth-order valence-corrected chi connectivity index (χ4v) is 21.5. The molecule has 284 valence electrons. The molecule has 0 aromatic heterocycles. The minimum atomic E-state index is -2.28. The van der Waals surface area contributed by atoms with Crippen molar-refractivity contribution in [2.24, 2.45) is 4.99 Å². The Kier molecular flexibility index (Phi) is 14.9. The molecule has 5 nitrogen and oxygen atoms in total. The quantitative estimate of drug-likeness (QED) is 0.122. The summed E-state index contributed by atoms with van der Waals surface area (Å²) in [7, 11) is -3.70. The Morgan fingerprint density at radius 2 is 0.941 bits per heavy atom. The number of hydrogen-bond donors (Lipinski definition) is 2. The molecular weight excluding hydrogens is 670 g/mol. The van der Waals surface area contributed by atoms with Crippen LogP contribution in [0.4, 0.5) is 11.4 Å². The first kappa shape index (κ1) is 42.0. The highest BCUT2D eigenvalue weighted by Gasteiger charge is 2.48. The fourth-order valence-electron chi connectivity index (χ4n) is 8.95. The van der Waals surface area contributed by atoms with E-state index in [1.165, 1.54) is 104 Å². The Bertz CT molecular complexity index is 1300. The van der Waals surface area contributed by atoms with Crippen LogP contribution >= 0.6 is 0 Å². The molecule has 0 aliphatic heterocycles. The summed E-state index contributed by atoms with van der Waals surface area (Å²) >= 11 is -2.28. The number of benzene rings is 2. The maximum atomic E-state index is 6.07. The molecule has 4 rings (SSSR count). The molecule has 0 spiro atoms. The highest BCUT2D eigenvalue weighted by molar-refractivity contribution is 6.92. The van der Waals surface area contributed by atoms with Gasteiger partial charge in [0.25, 0.3) is 0 Å². The van der Waals surface area contributed by atoms with Crippen molar-refractivity contribution in [2.75, 3.05) is 8.60 Å². The van der Waals surface area contributed by atoms with Crippen LogP contribution in [0, 0.1) is 0 Å². The van der Waals surface area contributed by atoms with Gasteiger partial charge >= 0.3 is 14.8 Å². The lowest BCUT2D eigenvalue weighted by molar-refractivity contribution is 0.315. The average molecular weight is 746 g/mol. The number of hydrogen-bond acceptors (Lipinski definition) is 3. The number of rotatable bonds is 13. The highest BCUT2D eigenvalue weighted by Crippen LogP contribution is 2.38. The molecule has 2 fully saturated rings. The zero-order valence-electron chi connectivity index (χ0n) is 35.4. The Morgan fingerprint density at radius 3 is 1.27 bits per heavy atom. The molecule has 2 N–H and O–H groups in total. The first-order valence-corrected chi connectivity index (χ1v) is 29.4. The molecule has 0 radical (unpaired) electrons. The summed E-state index contributed by atoms with van der Waals surface area (Å²) in [5.74, 6) is 3.05. The molecule has 2 aliphatic rings. The Morgan fingerprint density at radius 1 is 0.588 bits per heavy atom. The van der Waals surface area contributed by atoms with Gasteiger partial charge in [-0.05, 0) is 71.6 Å². The van der Waals surface area contributed by atoms with Crippen molar-refractivity contribution in [3.63, 3.8) is 0 Å². The maximum Gasteiger partial charge on any atom is 0.739 e. The normalized spacial score (nSPS) is 17.1. The van der Waals surface area contributed by atoms with E-state index in [4.69, 9.17) is 4.99 Å². The SMILES string of the molecule is CC(C)c1cccc(C(C)C)c1[NH][Al]([NH]c1c(C(C)C)cccc1C(C)C)[N](C(=NC1CCCCC1)N([Si](C)(C)C)[Si](C)(C)C)C1CCCCC1. The lowest BCUT2D eigenvalue weighted by Crippen LogP contribution is -2.71. The highest BCUT2D eigenvalue weighted by atomic mass is 28.4. The van der Waals surface area contributed by atoms with Crippen molar-refractivity contribution in [3.05, 3.63) is 58.7 Å². The number of guanidine groups is 1. The summed E-state index contributed by atoms with van der Waals surface area (Å²) in [5, 5.41) is 0. The Labute approximate surface area is 322 Å². The van der Waals surface area contributed by atoms with Crippen LogP contribution in [0.5, 0.6) is 0 Å². The summed E-state index contributed by atoms with van der Waals surface area (Å²) in [5.41, 5.74) is 8.47. The standard InChI is InChI=1S/C19H40N3Si2.2C12H18N.Al/c1-23(2,3)22(24(4,5)6)19(20-17-13-9-7-10-14-17)21-18-15-11-8-12-16-18;2*1-8(2)10-6-5-7-11(9(3)4)12(10)13;/h17-18H,7-16H2,1-6H3;2*5-9,13H,1-4H3;/q3*-1;+3. The zero-order valence-corrected chi connectivity index (χ0v) is 38.6. The van der Waals surface area contributed by atoms with Crippen LogP contribution < -0.4 is 8.60 Å². The summed E-state index contributed by atoms with van der Waals surface area (Å²) in [6.07, 6.45) is 12.9. The van der Waals surface area contributed by atoms with Crippen LogP contribution in [-0.4, -0.2) is 57.4 Å². The van der Waals surface area contributed by atoms with Crippen LogP contribution in [0.1, 0.15) is 166 Å². The molecular formula is C43H76AlN5Si2. The van der Waals surface area contributed by atoms with Crippen LogP contribution in [0.3, 0.4) is 0 Å². The van der Waals surface area contributed by atoms with E-state index < -0.39 is 31.3 Å². The monoisotopic (exact) mass is 746 g/mol. The predicted octanol–water partition coefficient (Wildman–Crippen LogP) is 13.0. The average Bonchev–Trinajstić information content (AvgIpc) is 3.04. The molecule has 0 heterocycles. The lowest BCUT2D eigenvalue weighted by Gasteiger charge is -2.53. The second kappa shape index (κ2) is 18.1. The predicted molar refractivity (Wildman–Crippen MR) is 234 cm³/mol. The second-order valence-electron chi connectivity index (χ2n) is 19.0. The molecule has 2 aromatic carbocycles. The summed E-state index contributed by atoms with van der Waals surface area (Å²) in [4.78, 5) is 6.07. The third-order valence-electron chi connectivity index (χ3n) is 11.2. The fraction of sp³-hybridized carbons (Fsp3) is 0.698. The Balaban J connectivity index is 2.10. The van der Waals surface area contributed by atoms with Gasteiger partial charge in [0.2, 0.25) is 0 Å². The Hall–Kier alpha value is -1.72. The summed E-state index contributed by atoms with van der Waals surface area (Å²) < 4.78 is 15.0. The smallest absolute Gasteiger partial charge is 0.439 e. The van der Waals surface area contributed by atoms with E-state index in [-0.39, 0.29) is 0 Å². The zero-order chi connectivity index (χ0) is 37.7. The first-order valence-electron chi connectivity index (χ1n) is 20.9. The van der Waals surface area contributed by atoms with E-state index in [9.17, 15) is 0 Å². The molecule has 2 aromatic rings. The van der Waals surface area contributed by atoms with E-state index in [1.54, 1.807) is 0 Å². The van der Waals surface area contributed by atoms with Crippen molar-refractivity contribution in [1.82, 2.24) is 8.11 Å². The minimum Gasteiger partial charge on any atom is -0.439 e. The minimum absolute atomic E-state index is 0.410. The van der Waals surface area contributed by atoms with Crippen LogP contribution in [-0.2, 0) is 0 Å². The van der Waals surface area contributed by atoms with Gasteiger partial charge in [0, 0.05) is 17.4 Å². The largest absolute Gasteiger partial charge is 0.739 e. The summed E-state index contributed by atoms with van der Waals surface area (Å²) in [6, 6.07) is 15.0. The van der Waals surface area contributed by atoms with Gasteiger partial charge in [-0.1, -0.05) is 170 Å². The number of anilines is 2. The van der Waals surface area contributed by atoms with Crippen molar-refractivity contribution in [1.29, 1.82) is 0 Å². The van der Waals surface area contributed by atoms with Gasteiger partial charge in [0.05, 0.1) is 6.04 Å². The van der Waals surface area contributed by atoms with Crippen molar-refractivity contribution >= 4 is 48.6 Å². The molecule has 51 heavy (non-hydrogen) atoms. The van der Waals surface area contributed by atoms with E-state index in [0.29, 0.717) is 35.8 Å². The van der Waals surface area contributed by atoms with Crippen molar-refractivity contribution in [3.8, 4) is 0 Å². The number of nitrogens with zero attached hydrogens (tertiary/aromatic N) is 3. The number of nitrogens with one attached hydrogen (secondary N) is 2. The van der Waals surface area contributed by atoms with E-state index in [2.05, 4.69) is 148 Å². The third kappa shape index (κ3) is 10.7. The first-order chi connectivity index (χ1) is 23.9. The molecule has 0 saturated heterocycles. The van der Waals surface area contributed by atoms with E-state index in [0.717, 1.165) is 0 Å². The van der Waals surface area contributed by atoms with Gasteiger partial charge in [-0.2, -0.15) is 0 Å². The van der Waals surface area contributed by atoms with E-state index >= 15 is 0 Å². The molecule has 0 amide bonds. The molecule has 0 bridgehead atoms. The molecule has 0 unspecified atom stereocenters. The van der Waals surface area contributed by atoms with Crippen LogP contribution in [0.2, 0.25) is 39.3 Å². The third-order valence-corrected chi connectivity index (χ3v) is 20.6. The number of para-hydroxylation sites is 2. The van der Waals surface area contributed by atoms with E-state index in [1.807, 2.05) is 0 Å². The van der Waals surface area contributed by atoms with Crippen molar-refractivity contribution < 1.29 is 0 Å². The van der Waals surface area contributed by atoms with Gasteiger partial charge in [-0.3, -0.25) is 4.99 Å². The molecule has 2 saturated carbocycles. The molecule has 8 heteroatoms. The van der Waals surface area contributed by atoms with Gasteiger partial charge in [0.15, 0.2) is 5.96 Å². The van der Waals surface area contributed by atoms with Crippen LogP contribution in [0.25, 0.3) is 0 Å². The van der Waals surface area contributed by atoms with Crippen molar-refractivity contribution in [2.45, 2.75) is 195 Å². The van der Waals surface area contributed by atoms with Gasteiger partial charge < -0.3 is 16.7 Å². The van der Waals surface area contributed by atoms with Gasteiger partial charge in [-0.15, -0.1) is 0 Å². The molecule has 2 aliphatic carbocycles. The molecule has 0 atom stereocenters. The topological polar surface area (TPSA) is 42.9 Å². The summed E-state index contributed by atoms with van der Waals surface area (Å²) in [6.45, 7) is 34.4. The lowest BCUT2D eigenvalue weighted by atomic mass is 9.93. The van der Waals surface area contributed by atoms with Gasteiger partial charge in [0.1, 0.15) is 16.5 Å². The van der Waals surface area contributed by atoms with Crippen LogP contribution in [0.15, 0.2) is 41.4 Å².